The van der Waals surface area contributed by atoms with Crippen molar-refractivity contribution in [1.82, 2.24) is 0 Å². The Morgan fingerprint density at radius 3 is 2.46 bits per heavy atom. The normalized spacial score (nSPS) is 12.1. The Balaban J connectivity index is 2.16. The summed E-state index contributed by atoms with van der Waals surface area (Å²) in [5, 5.41) is 13.5. The third-order valence-electron chi connectivity index (χ3n) is 3.54. The number of nitrogens with zero attached hydrogens (tertiary/aromatic N) is 1. The van der Waals surface area contributed by atoms with E-state index in [0.717, 1.165) is 30.5 Å². The molecule has 0 aliphatic rings. The largest absolute Gasteiger partial charge is 0.449 e. The van der Waals surface area contributed by atoms with Crippen molar-refractivity contribution in [3.8, 4) is 0 Å². The molecular weight excluding hydrogens is 395 g/mol. The lowest BCUT2D eigenvalue weighted by atomic mass is 10.2. The van der Waals surface area contributed by atoms with Gasteiger partial charge in [0.25, 0.3) is 11.6 Å². The van der Waals surface area contributed by atoms with E-state index in [-0.39, 0.29) is 11.3 Å². The second-order valence-corrected chi connectivity index (χ2v) is 7.74. The molecule has 1 N–H and O–H groups in total. The number of sulfone groups is 1. The van der Waals surface area contributed by atoms with Crippen LogP contribution in [-0.2, 0) is 19.4 Å². The summed E-state index contributed by atoms with van der Waals surface area (Å²) in [5.41, 5.74) is -0.931. The van der Waals surface area contributed by atoms with Gasteiger partial charge in [-0.15, -0.1) is 0 Å². The number of benzene rings is 2. The molecule has 0 aliphatic heterocycles. The molecule has 0 spiro atoms. The average Bonchev–Trinajstić information content (AvgIpc) is 2.60. The van der Waals surface area contributed by atoms with Crippen molar-refractivity contribution >= 4 is 33.1 Å². The first kappa shape index (κ1) is 21.0. The lowest BCUT2D eigenvalue weighted by Crippen LogP contribution is -2.30. The number of nitro benzene ring substituents is 1. The van der Waals surface area contributed by atoms with Crippen molar-refractivity contribution in [1.29, 1.82) is 0 Å². The van der Waals surface area contributed by atoms with Gasteiger partial charge in [-0.2, -0.15) is 0 Å². The van der Waals surface area contributed by atoms with E-state index in [1.165, 1.54) is 25.1 Å². The fourth-order valence-electron chi connectivity index (χ4n) is 2.19. The molecule has 28 heavy (non-hydrogen) atoms. The van der Waals surface area contributed by atoms with Crippen LogP contribution < -0.4 is 5.32 Å². The van der Waals surface area contributed by atoms with Crippen molar-refractivity contribution in [2.24, 2.45) is 0 Å². The van der Waals surface area contributed by atoms with Gasteiger partial charge >= 0.3 is 5.97 Å². The van der Waals surface area contributed by atoms with Crippen LogP contribution in [0.25, 0.3) is 0 Å². The number of ether oxygens (including phenoxy) is 1. The minimum atomic E-state index is -3.88. The number of hydrogen-bond donors (Lipinski definition) is 1. The quantitative estimate of drug-likeness (QED) is 0.439. The fraction of sp³-hybridized carbons (Fsp3) is 0.176. The van der Waals surface area contributed by atoms with Crippen molar-refractivity contribution in [2.45, 2.75) is 17.9 Å². The van der Waals surface area contributed by atoms with Gasteiger partial charge in [0.05, 0.1) is 10.5 Å². The van der Waals surface area contributed by atoms with E-state index in [1.807, 2.05) is 0 Å². The summed E-state index contributed by atoms with van der Waals surface area (Å²) < 4.78 is 41.3. The Kier molecular flexibility index (Phi) is 6.09. The number of carbonyl (C=O) groups is 2. The molecular formula is C17H15FN2O7S. The van der Waals surface area contributed by atoms with Crippen LogP contribution in [0.4, 0.5) is 15.8 Å². The Bertz CT molecular complexity index is 1050. The zero-order valence-electron chi connectivity index (χ0n) is 14.7. The molecule has 2 rings (SSSR count). The molecule has 148 valence electrons. The number of halogens is 1. The summed E-state index contributed by atoms with van der Waals surface area (Å²) in [6.07, 6.45) is -0.504. The standard InChI is InChI=1S/C17H15FN2O7S/c1-10(16(21)19-13-5-3-4-12(18)9-13)27-17(22)11-6-7-15(28(2,25)26)14(8-11)20(23)24/h3-10H,1-2H3,(H,19,21)/t10-/m1/s1. The minimum absolute atomic E-state index is 0.154. The zero-order valence-corrected chi connectivity index (χ0v) is 15.5. The van der Waals surface area contributed by atoms with Crippen molar-refractivity contribution in [3.05, 3.63) is 64.0 Å². The highest BCUT2D eigenvalue weighted by atomic mass is 32.2. The van der Waals surface area contributed by atoms with Gasteiger partial charge in [-0.05, 0) is 37.3 Å². The van der Waals surface area contributed by atoms with Gasteiger partial charge in [0.1, 0.15) is 10.7 Å². The molecule has 0 saturated heterocycles. The molecule has 0 heterocycles. The maximum absolute atomic E-state index is 13.1. The molecule has 0 bridgehead atoms. The third-order valence-corrected chi connectivity index (χ3v) is 4.68. The number of amides is 1. The second-order valence-electron chi connectivity index (χ2n) is 5.76. The van der Waals surface area contributed by atoms with E-state index in [1.54, 1.807) is 0 Å². The number of hydrogen-bond acceptors (Lipinski definition) is 7. The lowest BCUT2D eigenvalue weighted by Gasteiger charge is -2.14. The van der Waals surface area contributed by atoms with Crippen molar-refractivity contribution < 1.29 is 32.1 Å². The fourth-order valence-corrected chi connectivity index (χ4v) is 3.02. The number of carbonyl (C=O) groups excluding carboxylic acids is 2. The number of nitrogens with one attached hydrogen (secondary N) is 1. The van der Waals surface area contributed by atoms with E-state index in [4.69, 9.17) is 4.74 Å². The molecule has 1 atom stereocenters. The first-order valence-corrected chi connectivity index (χ1v) is 9.64. The summed E-state index contributed by atoms with van der Waals surface area (Å²) in [6.45, 7) is 1.26. The molecule has 1 amide bonds. The smallest absolute Gasteiger partial charge is 0.339 e. The van der Waals surface area contributed by atoms with Crippen LogP contribution in [0.2, 0.25) is 0 Å². The Morgan fingerprint density at radius 1 is 1.21 bits per heavy atom. The predicted octanol–water partition coefficient (Wildman–Crippen LogP) is 2.32. The van der Waals surface area contributed by atoms with Crippen molar-refractivity contribution in [3.63, 3.8) is 0 Å². The van der Waals surface area contributed by atoms with Gasteiger partial charge in [-0.1, -0.05) is 6.07 Å². The van der Waals surface area contributed by atoms with Gasteiger partial charge < -0.3 is 10.1 Å². The third kappa shape index (κ3) is 5.10. The molecule has 0 saturated carbocycles. The Labute approximate surface area is 159 Å². The maximum Gasteiger partial charge on any atom is 0.339 e. The molecule has 11 heteroatoms. The first-order valence-electron chi connectivity index (χ1n) is 7.75. The van der Waals surface area contributed by atoms with Crippen LogP contribution in [0.15, 0.2) is 47.4 Å². The van der Waals surface area contributed by atoms with Crippen LogP contribution >= 0.6 is 0 Å². The van der Waals surface area contributed by atoms with E-state index in [2.05, 4.69) is 5.32 Å². The van der Waals surface area contributed by atoms with Crippen molar-refractivity contribution in [2.75, 3.05) is 11.6 Å². The molecule has 0 aromatic heterocycles. The Morgan fingerprint density at radius 2 is 1.89 bits per heavy atom. The van der Waals surface area contributed by atoms with Gasteiger partial charge in [0, 0.05) is 18.0 Å². The highest BCUT2D eigenvalue weighted by Crippen LogP contribution is 2.25. The molecule has 0 fully saturated rings. The molecule has 2 aromatic rings. The van der Waals surface area contributed by atoms with Gasteiger partial charge in [-0.3, -0.25) is 14.9 Å². The maximum atomic E-state index is 13.1. The molecule has 0 radical (unpaired) electrons. The van der Waals surface area contributed by atoms with Crippen LogP contribution in [0, 0.1) is 15.9 Å². The number of esters is 1. The summed E-state index contributed by atoms with van der Waals surface area (Å²) in [6, 6.07) is 7.79. The van der Waals surface area contributed by atoms with E-state index in [0.29, 0.717) is 0 Å². The Hall–Kier alpha value is -3.34. The summed E-state index contributed by atoms with van der Waals surface area (Å²) in [4.78, 5) is 33.8. The van der Waals surface area contributed by atoms with E-state index < -0.39 is 49.1 Å². The summed E-state index contributed by atoms with van der Waals surface area (Å²) in [7, 11) is -3.88. The summed E-state index contributed by atoms with van der Waals surface area (Å²) >= 11 is 0. The van der Waals surface area contributed by atoms with E-state index >= 15 is 0 Å². The highest BCUT2D eigenvalue weighted by Gasteiger charge is 2.26. The zero-order chi connectivity index (χ0) is 21.1. The first-order chi connectivity index (χ1) is 13.0. The molecule has 9 nitrogen and oxygen atoms in total. The topological polar surface area (TPSA) is 133 Å². The molecule has 0 aliphatic carbocycles. The number of anilines is 1. The second kappa shape index (κ2) is 8.13. The predicted molar refractivity (Wildman–Crippen MR) is 96.1 cm³/mol. The van der Waals surface area contributed by atoms with Crippen LogP contribution in [-0.4, -0.2) is 37.6 Å². The molecule has 2 aromatic carbocycles. The number of nitro groups is 1. The van der Waals surface area contributed by atoms with Crippen LogP contribution in [0.5, 0.6) is 0 Å². The lowest BCUT2D eigenvalue weighted by molar-refractivity contribution is -0.387. The van der Waals surface area contributed by atoms with Gasteiger partial charge in [-0.25, -0.2) is 17.6 Å². The minimum Gasteiger partial charge on any atom is -0.449 e. The van der Waals surface area contributed by atoms with E-state index in [9.17, 15) is 32.5 Å². The average molecular weight is 410 g/mol. The SMILES string of the molecule is C[C@@H](OC(=O)c1ccc(S(C)(=O)=O)c([N+](=O)[O-])c1)C(=O)Nc1cccc(F)c1. The van der Waals surface area contributed by atoms with Gasteiger partial charge in [0.15, 0.2) is 15.9 Å². The monoisotopic (exact) mass is 410 g/mol. The highest BCUT2D eigenvalue weighted by molar-refractivity contribution is 7.90. The molecule has 0 unspecified atom stereocenters. The van der Waals surface area contributed by atoms with Crippen LogP contribution in [0.3, 0.4) is 0 Å². The van der Waals surface area contributed by atoms with Crippen LogP contribution in [0.1, 0.15) is 17.3 Å². The summed E-state index contributed by atoms with van der Waals surface area (Å²) in [5.74, 6) is -2.38. The van der Waals surface area contributed by atoms with Gasteiger partial charge in [0.2, 0.25) is 0 Å². The number of rotatable bonds is 6.